The van der Waals surface area contributed by atoms with E-state index in [4.69, 9.17) is 0 Å². The molecule has 0 fully saturated rings. The molecule has 0 atom stereocenters. The number of rotatable bonds is 5. The lowest BCUT2D eigenvalue weighted by molar-refractivity contribution is 0.665. The van der Waals surface area contributed by atoms with Gasteiger partial charge < -0.3 is 10.2 Å². The van der Waals surface area contributed by atoms with Crippen LogP contribution in [0.1, 0.15) is 32.3 Å². The predicted molar refractivity (Wildman–Crippen MR) is 74.6 cm³/mol. The molecule has 0 bridgehead atoms. The average molecular weight is 246 g/mol. The molecule has 0 unspecified atom stereocenters. The molecule has 0 spiro atoms. The largest absolute Gasteiger partial charge is 0.352 e. The van der Waals surface area contributed by atoms with Crippen molar-refractivity contribution in [2.24, 2.45) is 0 Å². The number of anilines is 1. The molecule has 4 heteroatoms. The van der Waals surface area contributed by atoms with Crippen LogP contribution in [0.4, 0.5) is 5.82 Å². The van der Waals surface area contributed by atoms with Crippen molar-refractivity contribution in [2.75, 3.05) is 24.5 Å². The smallest absolute Gasteiger partial charge is 0.136 e. The lowest BCUT2D eigenvalue weighted by Gasteiger charge is -2.28. The highest BCUT2D eigenvalue weighted by Crippen LogP contribution is 2.20. The lowest BCUT2D eigenvalue weighted by Crippen LogP contribution is -2.31. The Morgan fingerprint density at radius 3 is 3.11 bits per heavy atom. The normalized spacial score (nSPS) is 15.7. The van der Waals surface area contributed by atoms with Crippen molar-refractivity contribution < 1.29 is 0 Å². The first-order valence-electron chi connectivity index (χ1n) is 6.71. The third kappa shape index (κ3) is 3.29. The fourth-order valence-electron chi connectivity index (χ4n) is 2.25. The molecule has 1 aliphatic rings. The second-order valence-electron chi connectivity index (χ2n) is 4.81. The summed E-state index contributed by atoms with van der Waals surface area (Å²) in [7, 11) is 0. The van der Waals surface area contributed by atoms with E-state index in [1.54, 1.807) is 6.33 Å². The van der Waals surface area contributed by atoms with Gasteiger partial charge >= 0.3 is 0 Å². The number of hydrogen-bond donors (Lipinski definition) is 1. The number of nitrogens with zero attached hydrogens (tertiary/aromatic N) is 3. The molecule has 1 N–H and O–H groups in total. The Morgan fingerprint density at radius 2 is 2.33 bits per heavy atom. The third-order valence-corrected chi connectivity index (χ3v) is 3.14. The molecule has 2 rings (SSSR count). The molecule has 1 aliphatic heterocycles. The van der Waals surface area contributed by atoms with Crippen molar-refractivity contribution in [1.82, 2.24) is 15.3 Å². The molecule has 0 amide bonds. The molecule has 0 aromatic carbocycles. The van der Waals surface area contributed by atoms with Crippen LogP contribution in [0.15, 0.2) is 24.2 Å². The van der Waals surface area contributed by atoms with E-state index in [9.17, 15) is 0 Å². The lowest BCUT2D eigenvalue weighted by atomic mass is 10.1. The van der Waals surface area contributed by atoms with E-state index in [1.165, 1.54) is 11.1 Å². The molecular formula is C14H22N4. The van der Waals surface area contributed by atoms with Crippen LogP contribution in [-0.4, -0.2) is 29.6 Å². The fourth-order valence-corrected chi connectivity index (χ4v) is 2.25. The van der Waals surface area contributed by atoms with Crippen LogP contribution < -0.4 is 10.2 Å². The summed E-state index contributed by atoms with van der Waals surface area (Å²) in [5.74, 6) is 1.08. The summed E-state index contributed by atoms with van der Waals surface area (Å²) in [5, 5.41) is 3.42. The van der Waals surface area contributed by atoms with Crippen LogP contribution in [0, 0.1) is 0 Å². The predicted octanol–water partition coefficient (Wildman–Crippen LogP) is 2.13. The Kier molecular flexibility index (Phi) is 4.70. The van der Waals surface area contributed by atoms with Crippen molar-refractivity contribution in [1.29, 1.82) is 0 Å². The van der Waals surface area contributed by atoms with Gasteiger partial charge in [-0.3, -0.25) is 0 Å². The van der Waals surface area contributed by atoms with Gasteiger partial charge in [0.25, 0.3) is 0 Å². The van der Waals surface area contributed by atoms with Gasteiger partial charge in [0.2, 0.25) is 0 Å². The Hall–Kier alpha value is -1.42. The van der Waals surface area contributed by atoms with Crippen LogP contribution in [0.5, 0.6) is 0 Å². The van der Waals surface area contributed by atoms with Crippen molar-refractivity contribution in [3.63, 3.8) is 0 Å². The Morgan fingerprint density at radius 1 is 1.44 bits per heavy atom. The van der Waals surface area contributed by atoms with Crippen LogP contribution in [0.2, 0.25) is 0 Å². The second kappa shape index (κ2) is 6.50. The fraction of sp³-hybridized carbons (Fsp3) is 0.571. The van der Waals surface area contributed by atoms with E-state index in [0.717, 1.165) is 44.8 Å². The Bertz CT molecular complexity index is 414. The van der Waals surface area contributed by atoms with E-state index in [1.807, 2.05) is 6.20 Å². The van der Waals surface area contributed by atoms with Crippen LogP contribution in [0.25, 0.3) is 0 Å². The van der Waals surface area contributed by atoms with Gasteiger partial charge in [0, 0.05) is 31.4 Å². The summed E-state index contributed by atoms with van der Waals surface area (Å²) >= 11 is 0. The van der Waals surface area contributed by atoms with Crippen LogP contribution in [-0.2, 0) is 6.54 Å². The van der Waals surface area contributed by atoms with Crippen molar-refractivity contribution in [3.8, 4) is 0 Å². The number of nitrogens with one attached hydrogen (secondary N) is 1. The molecule has 0 saturated heterocycles. The first-order chi connectivity index (χ1) is 8.81. The van der Waals surface area contributed by atoms with Crippen molar-refractivity contribution >= 4 is 5.82 Å². The van der Waals surface area contributed by atoms with Gasteiger partial charge in [-0.1, -0.05) is 18.6 Å². The number of aromatic nitrogens is 2. The van der Waals surface area contributed by atoms with Gasteiger partial charge in [0.05, 0.1) is 0 Å². The van der Waals surface area contributed by atoms with E-state index in [-0.39, 0.29) is 0 Å². The molecular weight excluding hydrogens is 224 g/mol. The zero-order chi connectivity index (χ0) is 12.8. The van der Waals surface area contributed by atoms with E-state index in [2.05, 4.69) is 40.1 Å². The summed E-state index contributed by atoms with van der Waals surface area (Å²) in [4.78, 5) is 11.0. The Labute approximate surface area is 109 Å². The molecule has 98 valence electrons. The zero-order valence-corrected chi connectivity index (χ0v) is 11.3. The number of hydrogen-bond acceptors (Lipinski definition) is 4. The van der Waals surface area contributed by atoms with E-state index < -0.39 is 0 Å². The average Bonchev–Trinajstić information content (AvgIpc) is 2.40. The highest BCUT2D eigenvalue weighted by atomic mass is 15.2. The summed E-state index contributed by atoms with van der Waals surface area (Å²) in [6.07, 6.45) is 8.14. The molecule has 4 nitrogen and oxygen atoms in total. The van der Waals surface area contributed by atoms with Gasteiger partial charge in [-0.25, -0.2) is 9.97 Å². The van der Waals surface area contributed by atoms with Gasteiger partial charge in [-0.2, -0.15) is 0 Å². The minimum Gasteiger partial charge on any atom is -0.352 e. The quantitative estimate of drug-likeness (QED) is 0.638. The van der Waals surface area contributed by atoms with Gasteiger partial charge in [-0.05, 0) is 26.3 Å². The first-order valence-corrected chi connectivity index (χ1v) is 6.71. The maximum atomic E-state index is 4.46. The summed E-state index contributed by atoms with van der Waals surface area (Å²) in [6.45, 7) is 8.28. The Balaban J connectivity index is 2.09. The molecule has 0 saturated carbocycles. The molecule has 1 aromatic rings. The zero-order valence-electron chi connectivity index (χ0n) is 11.3. The van der Waals surface area contributed by atoms with Crippen LogP contribution in [0.3, 0.4) is 0 Å². The van der Waals surface area contributed by atoms with Crippen molar-refractivity contribution in [3.05, 3.63) is 29.7 Å². The minimum atomic E-state index is 0.850. The molecule has 0 radical (unpaired) electrons. The first kappa shape index (κ1) is 13.0. The highest BCUT2D eigenvalue weighted by molar-refractivity contribution is 5.47. The summed E-state index contributed by atoms with van der Waals surface area (Å²) in [5.41, 5.74) is 2.62. The van der Waals surface area contributed by atoms with E-state index in [0.29, 0.717) is 0 Å². The maximum absolute atomic E-state index is 4.46. The molecule has 1 aromatic heterocycles. The van der Waals surface area contributed by atoms with Crippen molar-refractivity contribution in [2.45, 2.75) is 33.2 Å². The van der Waals surface area contributed by atoms with Gasteiger partial charge in [0.1, 0.15) is 12.1 Å². The minimum absolute atomic E-state index is 0.850. The molecule has 2 heterocycles. The van der Waals surface area contributed by atoms with Crippen LogP contribution >= 0.6 is 0 Å². The highest BCUT2D eigenvalue weighted by Gasteiger charge is 2.15. The van der Waals surface area contributed by atoms with Gasteiger partial charge in [-0.15, -0.1) is 0 Å². The maximum Gasteiger partial charge on any atom is 0.136 e. The van der Waals surface area contributed by atoms with Gasteiger partial charge in [0.15, 0.2) is 0 Å². The summed E-state index contributed by atoms with van der Waals surface area (Å²) < 4.78 is 0. The molecule has 0 aliphatic carbocycles. The monoisotopic (exact) mass is 246 g/mol. The SMILES string of the molecule is CCCNCc1cncnc1N1CCC=C(C)C1. The second-order valence-corrected chi connectivity index (χ2v) is 4.81. The standard InChI is InChI=1S/C14H22N4/c1-3-6-15-8-13-9-16-11-17-14(13)18-7-4-5-12(2)10-18/h5,9,11,15H,3-4,6-8,10H2,1-2H3. The summed E-state index contributed by atoms with van der Waals surface area (Å²) in [6, 6.07) is 0. The third-order valence-electron chi connectivity index (χ3n) is 3.14. The molecule has 18 heavy (non-hydrogen) atoms. The van der Waals surface area contributed by atoms with E-state index >= 15 is 0 Å². The topological polar surface area (TPSA) is 41.1 Å².